The molecular formula is C19H28N2O4. The number of rotatable bonds is 6. The number of hydrogen-bond donors (Lipinski definition) is 1. The molecule has 1 N–H and O–H groups in total. The minimum absolute atomic E-state index is 0.0890. The van der Waals surface area contributed by atoms with E-state index in [9.17, 15) is 9.59 Å². The van der Waals surface area contributed by atoms with Gasteiger partial charge in [-0.05, 0) is 51.3 Å². The van der Waals surface area contributed by atoms with Gasteiger partial charge in [0.15, 0.2) is 0 Å². The second-order valence-electron chi connectivity index (χ2n) is 6.49. The maximum atomic E-state index is 12.3. The molecule has 1 heterocycles. The zero-order valence-electron chi connectivity index (χ0n) is 15.3. The number of esters is 1. The Hall–Kier alpha value is -2.24. The Bertz CT molecular complexity index is 581. The largest absolute Gasteiger partial charge is 0.491 e. The number of carbonyl (C=O) groups is 2. The first-order valence-electron chi connectivity index (χ1n) is 8.94. The highest BCUT2D eigenvalue weighted by atomic mass is 16.5. The number of urea groups is 1. The fourth-order valence-corrected chi connectivity index (χ4v) is 2.87. The van der Waals surface area contributed by atoms with Crippen LogP contribution in [0.25, 0.3) is 0 Å². The van der Waals surface area contributed by atoms with E-state index in [0.717, 1.165) is 11.3 Å². The molecule has 0 spiro atoms. The zero-order chi connectivity index (χ0) is 18.2. The van der Waals surface area contributed by atoms with Gasteiger partial charge in [0.2, 0.25) is 0 Å². The van der Waals surface area contributed by atoms with Crippen molar-refractivity contribution < 1.29 is 19.1 Å². The summed E-state index contributed by atoms with van der Waals surface area (Å²) in [5.41, 5.74) is 0.993. The van der Waals surface area contributed by atoms with E-state index < -0.39 is 0 Å². The van der Waals surface area contributed by atoms with E-state index in [1.54, 1.807) is 4.90 Å². The van der Waals surface area contributed by atoms with Crippen molar-refractivity contribution in [2.24, 2.45) is 5.92 Å². The Labute approximate surface area is 149 Å². The van der Waals surface area contributed by atoms with E-state index >= 15 is 0 Å². The van der Waals surface area contributed by atoms with Gasteiger partial charge in [-0.15, -0.1) is 0 Å². The van der Waals surface area contributed by atoms with E-state index in [1.165, 1.54) is 0 Å². The summed E-state index contributed by atoms with van der Waals surface area (Å²) < 4.78 is 10.7. The summed E-state index contributed by atoms with van der Waals surface area (Å²) in [5, 5.41) is 2.93. The third-order valence-electron chi connectivity index (χ3n) is 4.12. The van der Waals surface area contributed by atoms with E-state index in [0.29, 0.717) is 39.1 Å². The van der Waals surface area contributed by atoms with Crippen LogP contribution in [0, 0.1) is 5.92 Å². The Morgan fingerprint density at radius 1 is 1.28 bits per heavy atom. The number of benzene rings is 1. The summed E-state index contributed by atoms with van der Waals surface area (Å²) >= 11 is 0. The number of hydrogen-bond acceptors (Lipinski definition) is 4. The van der Waals surface area contributed by atoms with E-state index in [4.69, 9.17) is 9.47 Å². The number of ether oxygens (including phenoxy) is 2. The number of nitrogens with zero attached hydrogens (tertiary/aromatic N) is 1. The van der Waals surface area contributed by atoms with Crippen molar-refractivity contribution in [2.45, 2.75) is 46.3 Å². The first-order valence-corrected chi connectivity index (χ1v) is 8.94. The molecular weight excluding hydrogens is 320 g/mol. The smallest absolute Gasteiger partial charge is 0.317 e. The molecule has 138 valence electrons. The van der Waals surface area contributed by atoms with Crippen LogP contribution in [-0.4, -0.2) is 42.7 Å². The summed E-state index contributed by atoms with van der Waals surface area (Å²) in [6.45, 7) is 7.77. The highest BCUT2D eigenvalue weighted by Crippen LogP contribution is 2.19. The van der Waals surface area contributed by atoms with Crippen LogP contribution >= 0.6 is 0 Å². The van der Waals surface area contributed by atoms with Gasteiger partial charge in [0.25, 0.3) is 0 Å². The summed E-state index contributed by atoms with van der Waals surface area (Å²) in [5.74, 6) is 0.565. The van der Waals surface area contributed by atoms with Crippen molar-refractivity contribution in [1.82, 2.24) is 10.2 Å². The standard InChI is InChI=1S/C19H28N2O4/c1-4-24-18(22)16-8-10-21(11-9-16)19(23)20-13-15-6-5-7-17(12-15)25-14(2)3/h5-7,12,14,16H,4,8-11,13H2,1-3H3,(H,20,23). The van der Waals surface area contributed by atoms with Crippen LogP contribution in [0.3, 0.4) is 0 Å². The van der Waals surface area contributed by atoms with Gasteiger partial charge >= 0.3 is 12.0 Å². The highest BCUT2D eigenvalue weighted by molar-refractivity contribution is 5.76. The molecule has 6 nitrogen and oxygen atoms in total. The summed E-state index contributed by atoms with van der Waals surface area (Å²) in [4.78, 5) is 25.8. The molecule has 1 aromatic carbocycles. The van der Waals surface area contributed by atoms with Crippen molar-refractivity contribution >= 4 is 12.0 Å². The number of likely N-dealkylation sites (tertiary alicyclic amines) is 1. The van der Waals surface area contributed by atoms with Crippen LogP contribution in [0.2, 0.25) is 0 Å². The third kappa shape index (κ3) is 5.96. The summed E-state index contributed by atoms with van der Waals surface area (Å²) in [6, 6.07) is 7.63. The second-order valence-corrected chi connectivity index (χ2v) is 6.49. The lowest BCUT2D eigenvalue weighted by Crippen LogP contribution is -2.45. The topological polar surface area (TPSA) is 67.9 Å². The van der Waals surface area contributed by atoms with Crippen molar-refractivity contribution in [2.75, 3.05) is 19.7 Å². The number of piperidine rings is 1. The van der Waals surface area contributed by atoms with Gasteiger partial charge in [-0.2, -0.15) is 0 Å². The Morgan fingerprint density at radius 2 is 2.00 bits per heavy atom. The van der Waals surface area contributed by atoms with E-state index in [2.05, 4.69) is 5.32 Å². The van der Waals surface area contributed by atoms with Gasteiger partial charge in [-0.1, -0.05) is 12.1 Å². The molecule has 25 heavy (non-hydrogen) atoms. The lowest BCUT2D eigenvalue weighted by atomic mass is 9.97. The van der Waals surface area contributed by atoms with Crippen LogP contribution in [0.5, 0.6) is 5.75 Å². The van der Waals surface area contributed by atoms with Crippen LogP contribution in [0.15, 0.2) is 24.3 Å². The third-order valence-corrected chi connectivity index (χ3v) is 4.12. The van der Waals surface area contributed by atoms with Gasteiger partial charge in [0.05, 0.1) is 18.6 Å². The number of carbonyl (C=O) groups excluding carboxylic acids is 2. The minimum Gasteiger partial charge on any atom is -0.491 e. The van der Waals surface area contributed by atoms with Crippen LogP contribution in [0.4, 0.5) is 4.79 Å². The lowest BCUT2D eigenvalue weighted by molar-refractivity contribution is -0.149. The van der Waals surface area contributed by atoms with Gasteiger partial charge in [-0.25, -0.2) is 4.79 Å². The first kappa shape index (κ1) is 19.1. The molecule has 2 rings (SSSR count). The quantitative estimate of drug-likeness (QED) is 0.803. The predicted octanol–water partition coefficient (Wildman–Crippen LogP) is 2.96. The molecule has 0 aliphatic carbocycles. The predicted molar refractivity (Wildman–Crippen MR) is 95.4 cm³/mol. The molecule has 1 aliphatic rings. The average molecular weight is 348 g/mol. The van der Waals surface area contributed by atoms with Crippen molar-refractivity contribution in [3.63, 3.8) is 0 Å². The lowest BCUT2D eigenvalue weighted by Gasteiger charge is -2.30. The molecule has 1 saturated heterocycles. The van der Waals surface area contributed by atoms with Gasteiger partial charge in [-0.3, -0.25) is 4.79 Å². The molecule has 1 aliphatic heterocycles. The maximum absolute atomic E-state index is 12.3. The Morgan fingerprint density at radius 3 is 2.64 bits per heavy atom. The Balaban J connectivity index is 1.78. The molecule has 0 unspecified atom stereocenters. The number of amides is 2. The van der Waals surface area contributed by atoms with Crippen LogP contribution < -0.4 is 10.1 Å². The normalized spacial score (nSPS) is 15.1. The molecule has 1 fully saturated rings. The fraction of sp³-hybridized carbons (Fsp3) is 0.579. The molecule has 0 radical (unpaired) electrons. The van der Waals surface area contributed by atoms with Gasteiger partial charge < -0.3 is 19.7 Å². The SMILES string of the molecule is CCOC(=O)C1CCN(C(=O)NCc2cccc(OC(C)C)c2)CC1. The molecule has 0 bridgehead atoms. The molecule has 6 heteroatoms. The van der Waals surface area contributed by atoms with Crippen molar-refractivity contribution in [3.8, 4) is 5.75 Å². The minimum atomic E-state index is -0.149. The molecule has 0 saturated carbocycles. The number of nitrogens with one attached hydrogen (secondary N) is 1. The maximum Gasteiger partial charge on any atom is 0.317 e. The van der Waals surface area contributed by atoms with Crippen LogP contribution in [0.1, 0.15) is 39.2 Å². The highest BCUT2D eigenvalue weighted by Gasteiger charge is 2.28. The fourth-order valence-electron chi connectivity index (χ4n) is 2.87. The first-order chi connectivity index (χ1) is 12.0. The summed E-state index contributed by atoms with van der Waals surface area (Å²) in [6.07, 6.45) is 1.43. The summed E-state index contributed by atoms with van der Waals surface area (Å²) in [7, 11) is 0. The Kier molecular flexibility index (Phi) is 7.10. The van der Waals surface area contributed by atoms with Crippen molar-refractivity contribution in [1.29, 1.82) is 0 Å². The zero-order valence-corrected chi connectivity index (χ0v) is 15.3. The van der Waals surface area contributed by atoms with E-state index in [-0.39, 0.29) is 24.0 Å². The average Bonchev–Trinajstić information content (AvgIpc) is 2.60. The molecule has 2 amide bonds. The van der Waals surface area contributed by atoms with Crippen LogP contribution in [-0.2, 0) is 16.1 Å². The molecule has 1 aromatic rings. The van der Waals surface area contributed by atoms with Gasteiger partial charge in [0.1, 0.15) is 5.75 Å². The second kappa shape index (κ2) is 9.30. The van der Waals surface area contributed by atoms with Gasteiger partial charge in [0, 0.05) is 19.6 Å². The molecule has 0 aromatic heterocycles. The van der Waals surface area contributed by atoms with Crippen molar-refractivity contribution in [3.05, 3.63) is 29.8 Å². The monoisotopic (exact) mass is 348 g/mol. The molecule has 0 atom stereocenters. The van der Waals surface area contributed by atoms with E-state index in [1.807, 2.05) is 45.0 Å².